The van der Waals surface area contributed by atoms with Crippen LogP contribution in [0.5, 0.6) is 0 Å². The Morgan fingerprint density at radius 2 is 1.70 bits per heavy atom. The average Bonchev–Trinajstić information content (AvgIpc) is 3.03. The molecule has 1 heterocycles. The molecule has 4 heteroatoms. The number of aliphatic imine (C=N–C) groups is 1. The highest BCUT2D eigenvalue weighted by Gasteiger charge is 2.34. The molecule has 0 unspecified atom stereocenters. The van der Waals surface area contributed by atoms with E-state index in [9.17, 15) is 4.79 Å². The Hall–Kier alpha value is -2.62. The molecule has 0 saturated heterocycles. The molecular weight excluding hydrogens is 336 g/mol. The number of ether oxygens (including phenoxy) is 1. The van der Waals surface area contributed by atoms with Gasteiger partial charge < -0.3 is 10.1 Å². The summed E-state index contributed by atoms with van der Waals surface area (Å²) in [6, 6.07) is 20.8. The molecule has 0 aliphatic carbocycles. The summed E-state index contributed by atoms with van der Waals surface area (Å²) in [6.07, 6.45) is 1.47. The monoisotopic (exact) mass is 364 g/mol. The number of carbonyl (C=O) groups is 1. The fourth-order valence-electron chi connectivity index (χ4n) is 3.37. The molecule has 2 aromatic carbocycles. The van der Waals surface area contributed by atoms with Crippen molar-refractivity contribution in [1.29, 1.82) is 0 Å². The maximum atomic E-state index is 11.2. The highest BCUT2D eigenvalue weighted by molar-refractivity contribution is 5.79. The number of hydrogen-bond donors (Lipinski definition) is 1. The molecule has 2 atom stereocenters. The van der Waals surface area contributed by atoms with Crippen molar-refractivity contribution in [3.8, 4) is 0 Å². The molecule has 1 aliphatic heterocycles. The topological polar surface area (TPSA) is 50.7 Å². The molecule has 0 fully saturated rings. The van der Waals surface area contributed by atoms with Crippen molar-refractivity contribution in [3.05, 3.63) is 71.8 Å². The van der Waals surface area contributed by atoms with Crippen LogP contribution in [0.2, 0.25) is 0 Å². The van der Waals surface area contributed by atoms with Crippen molar-refractivity contribution in [1.82, 2.24) is 5.32 Å². The first-order chi connectivity index (χ1) is 12.9. The van der Waals surface area contributed by atoms with E-state index in [0.717, 1.165) is 17.9 Å². The number of hydrogen-bond acceptors (Lipinski definition) is 3. The average molecular weight is 364 g/mol. The zero-order valence-electron chi connectivity index (χ0n) is 16.3. The maximum absolute atomic E-state index is 11.2. The molecule has 1 amide bonds. The fourth-order valence-corrected chi connectivity index (χ4v) is 3.37. The predicted octanol–water partition coefficient (Wildman–Crippen LogP) is 4.32. The van der Waals surface area contributed by atoms with Crippen LogP contribution >= 0.6 is 0 Å². The minimum atomic E-state index is -0.118. The summed E-state index contributed by atoms with van der Waals surface area (Å²) in [7, 11) is 0. The van der Waals surface area contributed by atoms with Gasteiger partial charge in [-0.1, -0.05) is 74.5 Å². The van der Waals surface area contributed by atoms with E-state index in [0.29, 0.717) is 13.0 Å². The fraction of sp³-hybridized carbons (Fsp3) is 0.391. The Morgan fingerprint density at radius 3 is 2.33 bits per heavy atom. The smallest absolute Gasteiger partial charge is 0.216 e. The Labute approximate surface area is 161 Å². The van der Waals surface area contributed by atoms with Gasteiger partial charge in [0.05, 0.1) is 6.04 Å². The van der Waals surface area contributed by atoms with Gasteiger partial charge in [-0.2, -0.15) is 0 Å². The Morgan fingerprint density at radius 1 is 1.07 bits per heavy atom. The molecule has 1 N–H and O–H groups in total. The van der Waals surface area contributed by atoms with Crippen LogP contribution in [0.4, 0.5) is 0 Å². The third kappa shape index (κ3) is 5.43. The lowest BCUT2D eigenvalue weighted by molar-refractivity contribution is -0.119. The summed E-state index contributed by atoms with van der Waals surface area (Å²) in [5, 5.41) is 2.90. The van der Waals surface area contributed by atoms with E-state index in [1.165, 1.54) is 5.56 Å². The van der Waals surface area contributed by atoms with Crippen LogP contribution in [0.1, 0.15) is 44.4 Å². The molecule has 2 aromatic rings. The van der Waals surface area contributed by atoms with E-state index >= 15 is 0 Å². The highest BCUT2D eigenvalue weighted by Crippen LogP contribution is 2.34. The van der Waals surface area contributed by atoms with Crippen LogP contribution in [0.15, 0.2) is 65.7 Å². The second-order valence-electron chi connectivity index (χ2n) is 7.98. The van der Waals surface area contributed by atoms with E-state index in [1.807, 2.05) is 24.3 Å². The van der Waals surface area contributed by atoms with Gasteiger partial charge in [0.2, 0.25) is 5.91 Å². The molecule has 0 spiro atoms. The van der Waals surface area contributed by atoms with Crippen molar-refractivity contribution < 1.29 is 9.53 Å². The normalized spacial score (nSPS) is 19.3. The number of nitrogens with one attached hydrogen (secondary N) is 1. The SMILES string of the molecule is CC(=O)NCC(C)(C)CC1=N[C@@H](Cc2ccccc2)[C@H](c2ccccc2)O1. The molecule has 0 aromatic heterocycles. The van der Waals surface area contributed by atoms with E-state index < -0.39 is 0 Å². The van der Waals surface area contributed by atoms with Crippen LogP contribution in [0.3, 0.4) is 0 Å². The molecule has 3 rings (SSSR count). The first kappa shape index (κ1) is 19.2. The van der Waals surface area contributed by atoms with Gasteiger partial charge >= 0.3 is 0 Å². The van der Waals surface area contributed by atoms with Crippen LogP contribution < -0.4 is 5.32 Å². The van der Waals surface area contributed by atoms with Gasteiger partial charge in [-0.3, -0.25) is 4.79 Å². The first-order valence-corrected chi connectivity index (χ1v) is 9.50. The first-order valence-electron chi connectivity index (χ1n) is 9.50. The van der Waals surface area contributed by atoms with Gasteiger partial charge in [-0.05, 0) is 23.0 Å². The zero-order chi connectivity index (χ0) is 19.3. The van der Waals surface area contributed by atoms with Gasteiger partial charge in [0, 0.05) is 19.9 Å². The molecule has 142 valence electrons. The Kier molecular flexibility index (Phi) is 5.94. The molecule has 27 heavy (non-hydrogen) atoms. The van der Waals surface area contributed by atoms with Crippen molar-refractivity contribution in [2.75, 3.05) is 6.54 Å². The van der Waals surface area contributed by atoms with Crippen LogP contribution in [0, 0.1) is 5.41 Å². The standard InChI is InChI=1S/C23H28N2O2/c1-17(26)24-16-23(2,3)15-21-25-20(14-18-10-6-4-7-11-18)22(27-21)19-12-8-5-9-13-19/h4-13,20,22H,14-16H2,1-3H3,(H,24,26)/t20-,22-/m0/s1. The van der Waals surface area contributed by atoms with Crippen LogP contribution in [0.25, 0.3) is 0 Å². The van der Waals surface area contributed by atoms with Gasteiger partial charge in [0.15, 0.2) is 5.90 Å². The number of benzene rings is 2. The molecule has 0 radical (unpaired) electrons. The second kappa shape index (κ2) is 8.38. The Balaban J connectivity index is 1.77. The van der Waals surface area contributed by atoms with Crippen LogP contribution in [-0.2, 0) is 16.0 Å². The number of amides is 1. The lowest BCUT2D eigenvalue weighted by Gasteiger charge is -2.25. The summed E-state index contributed by atoms with van der Waals surface area (Å²) in [4.78, 5) is 16.2. The lowest BCUT2D eigenvalue weighted by Crippen LogP contribution is -2.34. The summed E-state index contributed by atoms with van der Waals surface area (Å²) in [5.41, 5.74) is 2.29. The largest absolute Gasteiger partial charge is 0.471 e. The van der Waals surface area contributed by atoms with Gasteiger partial charge in [-0.25, -0.2) is 4.99 Å². The maximum Gasteiger partial charge on any atom is 0.216 e. The molecule has 4 nitrogen and oxygen atoms in total. The second-order valence-corrected chi connectivity index (χ2v) is 7.98. The van der Waals surface area contributed by atoms with Crippen molar-refractivity contribution in [2.45, 2.75) is 45.8 Å². The summed E-state index contributed by atoms with van der Waals surface area (Å²) in [6.45, 7) is 6.39. The van der Waals surface area contributed by atoms with E-state index in [2.05, 4.69) is 55.6 Å². The van der Waals surface area contributed by atoms with Gasteiger partial charge in [0.25, 0.3) is 0 Å². The van der Waals surface area contributed by atoms with Gasteiger partial charge in [0.1, 0.15) is 6.10 Å². The number of carbonyl (C=O) groups excluding carboxylic acids is 1. The zero-order valence-corrected chi connectivity index (χ0v) is 16.3. The molecule has 0 bridgehead atoms. The summed E-state index contributed by atoms with van der Waals surface area (Å²) < 4.78 is 6.31. The van der Waals surface area contributed by atoms with E-state index in [4.69, 9.17) is 9.73 Å². The van der Waals surface area contributed by atoms with Crippen LogP contribution in [-0.4, -0.2) is 24.4 Å². The third-order valence-electron chi connectivity index (χ3n) is 4.78. The molecular formula is C23H28N2O2. The minimum absolute atomic E-state index is 0.0125. The van der Waals surface area contributed by atoms with E-state index in [-0.39, 0.29) is 23.5 Å². The van der Waals surface area contributed by atoms with Gasteiger partial charge in [-0.15, -0.1) is 0 Å². The summed E-state index contributed by atoms with van der Waals surface area (Å²) in [5.74, 6) is 0.765. The quantitative estimate of drug-likeness (QED) is 0.795. The van der Waals surface area contributed by atoms with Crippen molar-refractivity contribution >= 4 is 11.8 Å². The Bertz CT molecular complexity index is 785. The number of nitrogens with zero attached hydrogens (tertiary/aromatic N) is 1. The molecule has 0 saturated carbocycles. The van der Waals surface area contributed by atoms with Crippen molar-refractivity contribution in [2.24, 2.45) is 10.4 Å². The van der Waals surface area contributed by atoms with Crippen molar-refractivity contribution in [3.63, 3.8) is 0 Å². The predicted molar refractivity (Wildman–Crippen MR) is 109 cm³/mol. The molecule has 1 aliphatic rings. The highest BCUT2D eigenvalue weighted by atomic mass is 16.5. The third-order valence-corrected chi connectivity index (χ3v) is 4.78. The van der Waals surface area contributed by atoms with E-state index in [1.54, 1.807) is 6.92 Å². The minimum Gasteiger partial charge on any atom is -0.471 e. The summed E-state index contributed by atoms with van der Waals surface area (Å²) >= 11 is 0. The lowest BCUT2D eigenvalue weighted by atomic mass is 9.89. The number of rotatable bonds is 7.